The first-order valence-electron chi connectivity index (χ1n) is 5.34. The molecule has 2 N–H and O–H groups in total. The smallest absolute Gasteiger partial charge is 0.0582 e. The van der Waals surface area contributed by atoms with Gasteiger partial charge >= 0.3 is 0 Å². The summed E-state index contributed by atoms with van der Waals surface area (Å²) < 4.78 is 0. The Morgan fingerprint density at radius 1 is 1.19 bits per heavy atom. The Bertz CT molecular complexity index is 324. The van der Waals surface area contributed by atoms with Crippen LogP contribution in [-0.2, 0) is 6.42 Å². The van der Waals surface area contributed by atoms with Crippen LogP contribution in [0.1, 0.15) is 19.4 Å². The second-order valence-electron chi connectivity index (χ2n) is 4.06. The lowest BCUT2D eigenvalue weighted by atomic mass is 10.1. The van der Waals surface area contributed by atoms with Crippen molar-refractivity contribution in [2.45, 2.75) is 32.4 Å². The Morgan fingerprint density at radius 3 is 2.25 bits per heavy atom. The highest BCUT2D eigenvalue weighted by molar-refractivity contribution is 6.35. The van der Waals surface area contributed by atoms with E-state index in [9.17, 15) is 0 Å². The van der Waals surface area contributed by atoms with Crippen LogP contribution in [0.2, 0.25) is 10.0 Å². The highest BCUT2D eigenvalue weighted by atomic mass is 35.5. The summed E-state index contributed by atoms with van der Waals surface area (Å²) in [5.74, 6) is 0. The first-order valence-corrected chi connectivity index (χ1v) is 6.10. The summed E-state index contributed by atoms with van der Waals surface area (Å²) in [4.78, 5) is 0. The van der Waals surface area contributed by atoms with Crippen molar-refractivity contribution in [2.24, 2.45) is 0 Å². The standard InChI is InChI=1S/C12H17Cl2NO/c1-8(15-9(2)7-16)6-10-11(13)4-3-5-12(10)14/h3-5,8-9,15-16H,6-7H2,1-2H3/t8?,9-/m1/s1. The maximum Gasteiger partial charge on any atom is 0.0582 e. The molecule has 0 fully saturated rings. The van der Waals surface area contributed by atoms with Gasteiger partial charge < -0.3 is 10.4 Å². The topological polar surface area (TPSA) is 32.3 Å². The molecule has 0 radical (unpaired) electrons. The van der Waals surface area contributed by atoms with Gasteiger partial charge in [0.1, 0.15) is 0 Å². The number of benzene rings is 1. The van der Waals surface area contributed by atoms with Gasteiger partial charge in [0, 0.05) is 22.1 Å². The number of aliphatic hydroxyl groups is 1. The zero-order valence-corrected chi connectivity index (χ0v) is 11.0. The molecular weight excluding hydrogens is 245 g/mol. The van der Waals surface area contributed by atoms with E-state index in [2.05, 4.69) is 5.32 Å². The monoisotopic (exact) mass is 261 g/mol. The molecule has 0 saturated heterocycles. The minimum absolute atomic E-state index is 0.0799. The number of aliphatic hydroxyl groups excluding tert-OH is 1. The van der Waals surface area contributed by atoms with Crippen molar-refractivity contribution < 1.29 is 5.11 Å². The Balaban J connectivity index is 2.66. The quantitative estimate of drug-likeness (QED) is 0.855. The molecule has 2 nitrogen and oxygen atoms in total. The Labute approximate surface area is 107 Å². The van der Waals surface area contributed by atoms with E-state index in [-0.39, 0.29) is 18.7 Å². The molecule has 0 heterocycles. The maximum absolute atomic E-state index is 8.94. The SMILES string of the molecule is CC(Cc1c(Cl)cccc1Cl)N[C@H](C)CO. The molecule has 1 unspecified atom stereocenters. The Kier molecular flexibility index (Phi) is 5.56. The summed E-state index contributed by atoms with van der Waals surface area (Å²) in [6.45, 7) is 4.11. The van der Waals surface area contributed by atoms with E-state index in [1.807, 2.05) is 32.0 Å². The van der Waals surface area contributed by atoms with Gasteiger partial charge in [-0.15, -0.1) is 0 Å². The molecule has 0 spiro atoms. The molecular formula is C12H17Cl2NO. The minimum Gasteiger partial charge on any atom is -0.395 e. The number of hydrogen-bond donors (Lipinski definition) is 2. The van der Waals surface area contributed by atoms with Crippen molar-refractivity contribution in [3.05, 3.63) is 33.8 Å². The van der Waals surface area contributed by atoms with E-state index in [0.29, 0.717) is 10.0 Å². The zero-order valence-electron chi connectivity index (χ0n) is 9.50. The summed E-state index contributed by atoms with van der Waals surface area (Å²) in [5, 5.41) is 13.6. The van der Waals surface area contributed by atoms with Gasteiger partial charge in [0.25, 0.3) is 0 Å². The fraction of sp³-hybridized carbons (Fsp3) is 0.500. The first-order chi connectivity index (χ1) is 7.54. The van der Waals surface area contributed by atoms with Crippen LogP contribution >= 0.6 is 23.2 Å². The molecule has 0 saturated carbocycles. The van der Waals surface area contributed by atoms with Crippen molar-refractivity contribution in [3.8, 4) is 0 Å². The molecule has 0 aliphatic rings. The molecule has 0 amide bonds. The van der Waals surface area contributed by atoms with Gasteiger partial charge in [-0.3, -0.25) is 0 Å². The average molecular weight is 262 g/mol. The van der Waals surface area contributed by atoms with Crippen LogP contribution in [0.3, 0.4) is 0 Å². The van der Waals surface area contributed by atoms with Gasteiger partial charge in [-0.25, -0.2) is 0 Å². The summed E-state index contributed by atoms with van der Waals surface area (Å²) in [7, 11) is 0. The van der Waals surface area contributed by atoms with Crippen molar-refractivity contribution in [1.29, 1.82) is 0 Å². The van der Waals surface area contributed by atoms with Crippen LogP contribution in [0.5, 0.6) is 0 Å². The Morgan fingerprint density at radius 2 is 1.75 bits per heavy atom. The number of halogens is 2. The Hall–Kier alpha value is -0.280. The lowest BCUT2D eigenvalue weighted by Gasteiger charge is -2.19. The van der Waals surface area contributed by atoms with Crippen LogP contribution in [0, 0.1) is 0 Å². The van der Waals surface area contributed by atoms with Gasteiger partial charge in [-0.1, -0.05) is 29.3 Å². The van der Waals surface area contributed by atoms with E-state index in [1.165, 1.54) is 0 Å². The molecule has 4 heteroatoms. The van der Waals surface area contributed by atoms with Crippen molar-refractivity contribution >= 4 is 23.2 Å². The summed E-state index contributed by atoms with van der Waals surface area (Å²) in [6, 6.07) is 5.81. The van der Waals surface area contributed by atoms with Gasteiger partial charge in [0.15, 0.2) is 0 Å². The molecule has 1 aromatic carbocycles. The largest absolute Gasteiger partial charge is 0.395 e. The maximum atomic E-state index is 8.94. The molecule has 1 aromatic rings. The van der Waals surface area contributed by atoms with Gasteiger partial charge in [-0.05, 0) is 38.0 Å². The second kappa shape index (κ2) is 6.45. The highest BCUT2D eigenvalue weighted by Crippen LogP contribution is 2.25. The summed E-state index contributed by atoms with van der Waals surface area (Å²) in [5.41, 5.74) is 0.955. The summed E-state index contributed by atoms with van der Waals surface area (Å²) in [6.07, 6.45) is 0.753. The van der Waals surface area contributed by atoms with Crippen LogP contribution in [0.15, 0.2) is 18.2 Å². The fourth-order valence-electron chi connectivity index (χ4n) is 1.63. The summed E-state index contributed by atoms with van der Waals surface area (Å²) >= 11 is 12.2. The number of rotatable bonds is 5. The number of nitrogens with one attached hydrogen (secondary N) is 1. The highest BCUT2D eigenvalue weighted by Gasteiger charge is 2.11. The van der Waals surface area contributed by atoms with Gasteiger partial charge in [0.2, 0.25) is 0 Å². The third kappa shape index (κ3) is 3.95. The molecule has 1 rings (SSSR count). The van der Waals surface area contributed by atoms with Gasteiger partial charge in [0.05, 0.1) is 6.61 Å². The van der Waals surface area contributed by atoms with E-state index in [1.54, 1.807) is 0 Å². The van der Waals surface area contributed by atoms with E-state index in [0.717, 1.165) is 12.0 Å². The van der Waals surface area contributed by atoms with E-state index in [4.69, 9.17) is 28.3 Å². The minimum atomic E-state index is 0.0799. The third-order valence-corrected chi connectivity index (χ3v) is 3.12. The van der Waals surface area contributed by atoms with Gasteiger partial charge in [-0.2, -0.15) is 0 Å². The van der Waals surface area contributed by atoms with E-state index < -0.39 is 0 Å². The molecule has 90 valence electrons. The molecule has 0 aromatic heterocycles. The van der Waals surface area contributed by atoms with Crippen LogP contribution < -0.4 is 5.32 Å². The average Bonchev–Trinajstić information content (AvgIpc) is 2.23. The van der Waals surface area contributed by atoms with Crippen LogP contribution in [0.25, 0.3) is 0 Å². The van der Waals surface area contributed by atoms with Crippen molar-refractivity contribution in [1.82, 2.24) is 5.32 Å². The third-order valence-electron chi connectivity index (χ3n) is 2.41. The lowest BCUT2D eigenvalue weighted by molar-refractivity contribution is 0.242. The zero-order chi connectivity index (χ0) is 12.1. The van der Waals surface area contributed by atoms with Crippen LogP contribution in [0.4, 0.5) is 0 Å². The molecule has 0 aliphatic carbocycles. The number of hydrogen-bond acceptors (Lipinski definition) is 2. The molecule has 0 aliphatic heterocycles. The fourth-order valence-corrected chi connectivity index (χ4v) is 2.18. The first kappa shape index (κ1) is 13.8. The molecule has 0 bridgehead atoms. The molecule has 2 atom stereocenters. The van der Waals surface area contributed by atoms with E-state index >= 15 is 0 Å². The predicted molar refractivity (Wildman–Crippen MR) is 69.3 cm³/mol. The lowest BCUT2D eigenvalue weighted by Crippen LogP contribution is -2.38. The second-order valence-corrected chi connectivity index (χ2v) is 4.87. The van der Waals surface area contributed by atoms with Crippen molar-refractivity contribution in [2.75, 3.05) is 6.61 Å². The normalized spacial score (nSPS) is 14.8. The molecule has 16 heavy (non-hydrogen) atoms. The van der Waals surface area contributed by atoms with Crippen molar-refractivity contribution in [3.63, 3.8) is 0 Å². The predicted octanol–water partition coefficient (Wildman–Crippen LogP) is 2.89. The van der Waals surface area contributed by atoms with Crippen LogP contribution in [-0.4, -0.2) is 23.8 Å².